The van der Waals surface area contributed by atoms with Crippen LogP contribution in [0.15, 0.2) is 46.9 Å². The molecule has 2 rings (SSSR count). The van der Waals surface area contributed by atoms with Crippen molar-refractivity contribution in [3.8, 4) is 5.75 Å². The van der Waals surface area contributed by atoms with Crippen LogP contribution >= 0.6 is 15.9 Å². The second kappa shape index (κ2) is 10.9. The van der Waals surface area contributed by atoms with Gasteiger partial charge in [-0.15, -0.1) is 0 Å². The SMILES string of the molecule is CCCCNC(=O)c1cccc(NC(=O)c2ccc(OCC(C)C)c(Br)c2)c1. The normalized spacial score (nSPS) is 10.6. The first-order chi connectivity index (χ1) is 13.4. The molecule has 2 aromatic rings. The van der Waals surface area contributed by atoms with Gasteiger partial charge >= 0.3 is 0 Å². The van der Waals surface area contributed by atoms with Crippen LogP contribution in [-0.4, -0.2) is 25.0 Å². The quantitative estimate of drug-likeness (QED) is 0.515. The Bertz CT molecular complexity index is 821. The molecule has 5 nitrogen and oxygen atoms in total. The summed E-state index contributed by atoms with van der Waals surface area (Å²) in [5, 5.41) is 5.71. The van der Waals surface area contributed by atoms with Gasteiger partial charge in [-0.2, -0.15) is 0 Å². The van der Waals surface area contributed by atoms with Gasteiger partial charge in [-0.25, -0.2) is 0 Å². The molecule has 0 spiro atoms. The van der Waals surface area contributed by atoms with E-state index in [9.17, 15) is 9.59 Å². The minimum Gasteiger partial charge on any atom is -0.492 e. The zero-order valence-corrected chi connectivity index (χ0v) is 18.1. The number of amides is 2. The highest BCUT2D eigenvalue weighted by atomic mass is 79.9. The molecule has 0 heterocycles. The number of hydrogen-bond donors (Lipinski definition) is 2. The van der Waals surface area contributed by atoms with Crippen LogP contribution in [0.25, 0.3) is 0 Å². The number of unbranched alkanes of at least 4 members (excludes halogenated alkanes) is 1. The fourth-order valence-electron chi connectivity index (χ4n) is 2.44. The van der Waals surface area contributed by atoms with Crippen molar-refractivity contribution >= 4 is 33.4 Å². The third-order valence-corrected chi connectivity index (χ3v) is 4.58. The summed E-state index contributed by atoms with van der Waals surface area (Å²) in [5.74, 6) is 0.732. The minimum absolute atomic E-state index is 0.140. The second-order valence-electron chi connectivity index (χ2n) is 6.99. The van der Waals surface area contributed by atoms with Gasteiger partial charge in [-0.3, -0.25) is 9.59 Å². The lowest BCUT2D eigenvalue weighted by molar-refractivity contribution is 0.0951. The lowest BCUT2D eigenvalue weighted by atomic mass is 10.1. The zero-order valence-electron chi connectivity index (χ0n) is 16.5. The van der Waals surface area contributed by atoms with Crippen molar-refractivity contribution in [1.29, 1.82) is 0 Å². The van der Waals surface area contributed by atoms with E-state index in [0.717, 1.165) is 17.3 Å². The van der Waals surface area contributed by atoms with Crippen LogP contribution in [0.1, 0.15) is 54.3 Å². The average Bonchev–Trinajstić information content (AvgIpc) is 2.67. The molecule has 0 aliphatic heterocycles. The molecule has 0 bridgehead atoms. The van der Waals surface area contributed by atoms with Crippen molar-refractivity contribution in [2.45, 2.75) is 33.6 Å². The van der Waals surface area contributed by atoms with Gasteiger partial charge in [-0.05, 0) is 64.7 Å². The number of rotatable bonds is 9. The Morgan fingerprint density at radius 3 is 2.50 bits per heavy atom. The molecule has 0 saturated heterocycles. The fourth-order valence-corrected chi connectivity index (χ4v) is 2.93. The molecule has 28 heavy (non-hydrogen) atoms. The maximum absolute atomic E-state index is 12.6. The van der Waals surface area contributed by atoms with E-state index < -0.39 is 0 Å². The van der Waals surface area contributed by atoms with Gasteiger partial charge in [0.25, 0.3) is 11.8 Å². The summed E-state index contributed by atoms with van der Waals surface area (Å²) in [6, 6.07) is 12.1. The predicted molar refractivity (Wildman–Crippen MR) is 116 cm³/mol. The number of nitrogens with one attached hydrogen (secondary N) is 2. The molecule has 0 aliphatic carbocycles. The van der Waals surface area contributed by atoms with Crippen LogP contribution in [0.3, 0.4) is 0 Å². The van der Waals surface area contributed by atoms with Crippen molar-refractivity contribution < 1.29 is 14.3 Å². The van der Waals surface area contributed by atoms with Gasteiger partial charge in [-0.1, -0.05) is 33.3 Å². The number of carbonyl (C=O) groups is 2. The van der Waals surface area contributed by atoms with Crippen molar-refractivity contribution in [3.05, 3.63) is 58.1 Å². The molecule has 0 aliphatic rings. The van der Waals surface area contributed by atoms with Gasteiger partial charge in [0.05, 0.1) is 11.1 Å². The summed E-state index contributed by atoms with van der Waals surface area (Å²) in [5.41, 5.74) is 1.60. The van der Waals surface area contributed by atoms with E-state index in [-0.39, 0.29) is 11.8 Å². The number of benzene rings is 2. The van der Waals surface area contributed by atoms with Gasteiger partial charge in [0.15, 0.2) is 0 Å². The molecule has 2 N–H and O–H groups in total. The molecular formula is C22H27BrN2O3. The van der Waals surface area contributed by atoms with E-state index in [1.54, 1.807) is 42.5 Å². The summed E-state index contributed by atoms with van der Waals surface area (Å²) < 4.78 is 6.44. The molecule has 0 radical (unpaired) electrons. The number of anilines is 1. The first-order valence-corrected chi connectivity index (χ1v) is 10.3. The van der Waals surface area contributed by atoms with Crippen LogP contribution in [-0.2, 0) is 0 Å². The molecule has 0 atom stereocenters. The smallest absolute Gasteiger partial charge is 0.255 e. The number of ether oxygens (including phenoxy) is 1. The number of halogens is 1. The van der Waals surface area contributed by atoms with Gasteiger partial charge < -0.3 is 15.4 Å². The second-order valence-corrected chi connectivity index (χ2v) is 7.85. The summed E-state index contributed by atoms with van der Waals surface area (Å²) in [4.78, 5) is 24.7. The molecule has 0 saturated carbocycles. The van der Waals surface area contributed by atoms with E-state index in [4.69, 9.17) is 4.74 Å². The molecular weight excluding hydrogens is 420 g/mol. The number of hydrogen-bond acceptors (Lipinski definition) is 3. The summed E-state index contributed by atoms with van der Waals surface area (Å²) >= 11 is 3.45. The lowest BCUT2D eigenvalue weighted by Crippen LogP contribution is -2.24. The summed E-state index contributed by atoms with van der Waals surface area (Å²) in [7, 11) is 0. The summed E-state index contributed by atoms with van der Waals surface area (Å²) in [6.45, 7) is 7.48. The zero-order chi connectivity index (χ0) is 20.5. The molecule has 0 fully saturated rings. The third kappa shape index (κ3) is 6.68. The van der Waals surface area contributed by atoms with Crippen LogP contribution in [0, 0.1) is 5.92 Å². The van der Waals surface area contributed by atoms with E-state index >= 15 is 0 Å². The maximum Gasteiger partial charge on any atom is 0.255 e. The predicted octanol–water partition coefficient (Wildman–Crippen LogP) is 5.27. The Balaban J connectivity index is 2.03. The van der Waals surface area contributed by atoms with Crippen molar-refractivity contribution in [2.75, 3.05) is 18.5 Å². The van der Waals surface area contributed by atoms with Crippen molar-refractivity contribution in [3.63, 3.8) is 0 Å². The Morgan fingerprint density at radius 1 is 1.07 bits per heavy atom. The van der Waals surface area contributed by atoms with E-state index in [0.29, 0.717) is 41.6 Å². The van der Waals surface area contributed by atoms with Crippen molar-refractivity contribution in [2.24, 2.45) is 5.92 Å². The van der Waals surface area contributed by atoms with Crippen LogP contribution in [0.4, 0.5) is 5.69 Å². The number of carbonyl (C=O) groups excluding carboxylic acids is 2. The van der Waals surface area contributed by atoms with E-state index in [1.807, 2.05) is 0 Å². The molecule has 6 heteroatoms. The highest BCUT2D eigenvalue weighted by Crippen LogP contribution is 2.27. The first kappa shape index (κ1) is 22.0. The Kier molecular flexibility index (Phi) is 8.51. The fraction of sp³-hybridized carbons (Fsp3) is 0.364. The highest BCUT2D eigenvalue weighted by Gasteiger charge is 2.12. The largest absolute Gasteiger partial charge is 0.492 e. The molecule has 0 unspecified atom stereocenters. The van der Waals surface area contributed by atoms with Gasteiger partial charge in [0.1, 0.15) is 5.75 Å². The van der Waals surface area contributed by atoms with E-state index in [1.165, 1.54) is 0 Å². The Morgan fingerprint density at radius 2 is 1.82 bits per heavy atom. The van der Waals surface area contributed by atoms with Crippen molar-refractivity contribution in [1.82, 2.24) is 5.32 Å². The Hall–Kier alpha value is -2.34. The summed E-state index contributed by atoms with van der Waals surface area (Å²) in [6.07, 6.45) is 1.96. The standard InChI is InChI=1S/C22H27BrN2O3/c1-4-5-11-24-21(26)16-7-6-8-18(12-16)25-22(27)17-9-10-20(19(23)13-17)28-14-15(2)3/h6-10,12-13,15H,4-5,11,14H2,1-3H3,(H,24,26)(H,25,27). The third-order valence-electron chi connectivity index (χ3n) is 3.96. The van der Waals surface area contributed by atoms with Crippen LogP contribution in [0.5, 0.6) is 5.75 Å². The minimum atomic E-state index is -0.250. The monoisotopic (exact) mass is 446 g/mol. The van der Waals surface area contributed by atoms with Crippen LogP contribution < -0.4 is 15.4 Å². The molecule has 2 amide bonds. The molecule has 150 valence electrons. The van der Waals surface area contributed by atoms with Crippen LogP contribution in [0.2, 0.25) is 0 Å². The van der Waals surface area contributed by atoms with Gasteiger partial charge in [0, 0.05) is 23.4 Å². The highest BCUT2D eigenvalue weighted by molar-refractivity contribution is 9.10. The maximum atomic E-state index is 12.6. The molecule has 0 aromatic heterocycles. The topological polar surface area (TPSA) is 67.4 Å². The van der Waals surface area contributed by atoms with Gasteiger partial charge in [0.2, 0.25) is 0 Å². The molecule has 2 aromatic carbocycles. The lowest BCUT2D eigenvalue weighted by Gasteiger charge is -2.12. The Labute approximate surface area is 175 Å². The first-order valence-electron chi connectivity index (χ1n) is 9.52. The van der Waals surface area contributed by atoms with E-state index in [2.05, 4.69) is 47.3 Å². The average molecular weight is 447 g/mol.